The minimum Gasteiger partial charge on any atom is -0.497 e. The SMILES string of the molecule is C=CN.CC.CC[C@]12C=CCN3CCC4(c5ccc(OC)cc5N(C)C4C(O)C1O)C32. The molecule has 0 bridgehead atoms. The van der Waals surface area contributed by atoms with Crippen LogP contribution in [0.2, 0.25) is 0 Å². The van der Waals surface area contributed by atoms with E-state index >= 15 is 0 Å². The van der Waals surface area contributed by atoms with Gasteiger partial charge in [0, 0.05) is 42.2 Å². The zero-order valence-corrected chi connectivity index (χ0v) is 19.6. The molecule has 3 heterocycles. The second-order valence-corrected chi connectivity index (χ2v) is 8.67. The van der Waals surface area contributed by atoms with Gasteiger partial charge in [-0.1, -0.05) is 45.6 Å². The van der Waals surface area contributed by atoms with Crippen molar-refractivity contribution in [2.24, 2.45) is 11.1 Å². The van der Waals surface area contributed by atoms with Gasteiger partial charge in [-0.05, 0) is 37.2 Å². The first-order valence-electron chi connectivity index (χ1n) is 11.4. The van der Waals surface area contributed by atoms with Gasteiger partial charge in [0.1, 0.15) is 11.9 Å². The summed E-state index contributed by atoms with van der Waals surface area (Å²) in [5.41, 5.74) is 6.49. The molecule has 5 rings (SSSR count). The van der Waals surface area contributed by atoms with Gasteiger partial charge >= 0.3 is 0 Å². The third-order valence-electron chi connectivity index (χ3n) is 7.78. The monoisotopic (exact) mass is 429 g/mol. The van der Waals surface area contributed by atoms with Gasteiger partial charge in [0.25, 0.3) is 0 Å². The Labute approximate surface area is 187 Å². The van der Waals surface area contributed by atoms with Crippen molar-refractivity contribution >= 4 is 5.69 Å². The summed E-state index contributed by atoms with van der Waals surface area (Å²) < 4.78 is 5.45. The minimum atomic E-state index is -0.780. The van der Waals surface area contributed by atoms with E-state index in [2.05, 4.69) is 53.3 Å². The first-order chi connectivity index (χ1) is 14.9. The van der Waals surface area contributed by atoms with Gasteiger partial charge in [0.2, 0.25) is 0 Å². The van der Waals surface area contributed by atoms with E-state index in [0.29, 0.717) is 0 Å². The number of aliphatic hydroxyl groups is 2. The molecule has 1 aromatic rings. The van der Waals surface area contributed by atoms with Crippen LogP contribution in [0.3, 0.4) is 0 Å². The molecule has 6 nitrogen and oxygen atoms in total. The standard InChI is InChI=1S/C21H28N2O3.C2H5N.C2H6/c1-4-20-8-5-10-23-11-9-21(19(20)23)14-7-6-13(26-3)12-15(14)22(2)17(21)16(24)18(20)25;1-2-3;1-2/h5-8,12,16-19,24-25H,4,9-11H2,1-3H3;2H,1,3H2;1-2H3/t16?,17?,18?,19?,20-,21?;;/m0../s1. The number of hydrogen-bond donors (Lipinski definition) is 3. The molecule has 1 spiro atoms. The van der Waals surface area contributed by atoms with E-state index in [-0.39, 0.29) is 17.5 Å². The van der Waals surface area contributed by atoms with E-state index in [1.165, 1.54) is 11.8 Å². The molecule has 2 fully saturated rings. The molecule has 1 aromatic carbocycles. The number of nitrogens with two attached hydrogens (primary N) is 1. The molecule has 6 atom stereocenters. The average molecular weight is 430 g/mol. The van der Waals surface area contributed by atoms with Gasteiger partial charge in [-0.15, -0.1) is 0 Å². The molecule has 0 radical (unpaired) electrons. The molecule has 172 valence electrons. The molecule has 1 saturated carbocycles. The van der Waals surface area contributed by atoms with E-state index < -0.39 is 17.6 Å². The van der Waals surface area contributed by atoms with Gasteiger partial charge in [0.05, 0.1) is 19.3 Å². The predicted molar refractivity (Wildman–Crippen MR) is 126 cm³/mol. The summed E-state index contributed by atoms with van der Waals surface area (Å²) in [4.78, 5) is 4.71. The summed E-state index contributed by atoms with van der Waals surface area (Å²) in [6, 6.07) is 6.41. The van der Waals surface area contributed by atoms with Crippen molar-refractivity contribution in [2.75, 3.05) is 32.1 Å². The Hall–Kier alpha value is -2.02. The smallest absolute Gasteiger partial charge is 0.120 e. The fourth-order valence-corrected chi connectivity index (χ4v) is 6.81. The predicted octanol–water partition coefficient (Wildman–Crippen LogP) is 2.64. The third-order valence-corrected chi connectivity index (χ3v) is 7.78. The highest BCUT2D eigenvalue weighted by atomic mass is 16.5. The maximum absolute atomic E-state index is 11.3. The lowest BCUT2D eigenvalue weighted by molar-refractivity contribution is -0.139. The summed E-state index contributed by atoms with van der Waals surface area (Å²) in [6.45, 7) is 11.2. The molecule has 31 heavy (non-hydrogen) atoms. The number of aliphatic hydroxyl groups excluding tert-OH is 2. The first-order valence-corrected chi connectivity index (χ1v) is 11.4. The topological polar surface area (TPSA) is 82.2 Å². The number of anilines is 1. The van der Waals surface area contributed by atoms with E-state index in [0.717, 1.165) is 37.4 Å². The summed E-state index contributed by atoms with van der Waals surface area (Å²) >= 11 is 0. The minimum absolute atomic E-state index is 0.110. The molecule has 1 aliphatic carbocycles. The van der Waals surface area contributed by atoms with Crippen molar-refractivity contribution in [3.63, 3.8) is 0 Å². The Bertz CT molecular complexity index is 828. The Balaban J connectivity index is 0.000000504. The van der Waals surface area contributed by atoms with Crippen molar-refractivity contribution in [3.05, 3.63) is 48.7 Å². The first kappa shape index (κ1) is 23.6. The van der Waals surface area contributed by atoms with Crippen LogP contribution >= 0.6 is 0 Å². The zero-order valence-electron chi connectivity index (χ0n) is 19.6. The quantitative estimate of drug-likeness (QED) is 0.627. The van der Waals surface area contributed by atoms with Gasteiger partial charge < -0.3 is 25.6 Å². The van der Waals surface area contributed by atoms with Crippen molar-refractivity contribution in [2.45, 2.75) is 63.3 Å². The van der Waals surface area contributed by atoms with Crippen LogP contribution in [-0.2, 0) is 5.41 Å². The van der Waals surface area contributed by atoms with Crippen LogP contribution in [0, 0.1) is 5.41 Å². The number of hydrogen-bond acceptors (Lipinski definition) is 6. The number of methoxy groups -OCH3 is 1. The molecular formula is C25H39N3O3. The lowest BCUT2D eigenvalue weighted by Crippen LogP contribution is -2.73. The maximum Gasteiger partial charge on any atom is 0.120 e. The molecule has 4 aliphatic rings. The largest absolute Gasteiger partial charge is 0.497 e. The molecule has 6 heteroatoms. The van der Waals surface area contributed by atoms with E-state index in [1.54, 1.807) is 7.11 Å². The Kier molecular flexibility index (Phi) is 6.75. The highest BCUT2D eigenvalue weighted by Gasteiger charge is 2.72. The summed E-state index contributed by atoms with van der Waals surface area (Å²) in [5, 5.41) is 22.5. The second-order valence-electron chi connectivity index (χ2n) is 8.67. The maximum atomic E-state index is 11.3. The summed E-state index contributed by atoms with van der Waals surface area (Å²) in [6.07, 6.45) is 5.94. The second kappa shape index (κ2) is 8.85. The van der Waals surface area contributed by atoms with Crippen LogP contribution in [0.15, 0.2) is 43.1 Å². The Morgan fingerprint density at radius 2 is 2.00 bits per heavy atom. The molecular weight excluding hydrogens is 390 g/mol. The number of nitrogens with zero attached hydrogens (tertiary/aromatic N) is 2. The molecule has 1 saturated heterocycles. The third kappa shape index (κ3) is 3.03. The van der Waals surface area contributed by atoms with Crippen LogP contribution in [0.5, 0.6) is 5.75 Å². The number of rotatable bonds is 2. The van der Waals surface area contributed by atoms with Crippen LogP contribution in [0.25, 0.3) is 0 Å². The van der Waals surface area contributed by atoms with Crippen molar-refractivity contribution in [3.8, 4) is 5.75 Å². The average Bonchev–Trinajstić information content (AvgIpc) is 3.31. The highest BCUT2D eigenvalue weighted by Crippen LogP contribution is 2.64. The highest BCUT2D eigenvalue weighted by molar-refractivity contribution is 5.69. The van der Waals surface area contributed by atoms with Crippen LogP contribution in [0.4, 0.5) is 5.69 Å². The fraction of sp³-hybridized carbons (Fsp3) is 0.600. The normalized spacial score (nSPS) is 36.8. The fourth-order valence-electron chi connectivity index (χ4n) is 6.81. The van der Waals surface area contributed by atoms with E-state index in [4.69, 9.17) is 4.74 Å². The molecule has 0 aromatic heterocycles. The number of benzene rings is 1. The lowest BCUT2D eigenvalue weighted by Gasteiger charge is -2.60. The van der Waals surface area contributed by atoms with Crippen LogP contribution in [0.1, 0.15) is 39.2 Å². The van der Waals surface area contributed by atoms with Gasteiger partial charge in [-0.2, -0.15) is 0 Å². The molecule has 0 amide bonds. The Morgan fingerprint density at radius 3 is 2.61 bits per heavy atom. The van der Waals surface area contributed by atoms with Crippen molar-refractivity contribution in [1.82, 2.24) is 4.90 Å². The van der Waals surface area contributed by atoms with Gasteiger partial charge in [-0.3, -0.25) is 4.90 Å². The van der Waals surface area contributed by atoms with E-state index in [9.17, 15) is 10.2 Å². The van der Waals surface area contributed by atoms with Gasteiger partial charge in [0.15, 0.2) is 0 Å². The molecule has 4 N–H and O–H groups in total. The summed E-state index contributed by atoms with van der Waals surface area (Å²) in [7, 11) is 3.74. The van der Waals surface area contributed by atoms with Gasteiger partial charge in [-0.25, -0.2) is 0 Å². The number of likely N-dealkylation sites (N-methyl/N-ethyl adjacent to an activating group) is 1. The van der Waals surface area contributed by atoms with Crippen LogP contribution < -0.4 is 15.4 Å². The molecule has 5 unspecified atom stereocenters. The van der Waals surface area contributed by atoms with Crippen molar-refractivity contribution < 1.29 is 14.9 Å². The van der Waals surface area contributed by atoms with E-state index in [1.807, 2.05) is 27.0 Å². The Morgan fingerprint density at radius 1 is 1.32 bits per heavy atom. The summed E-state index contributed by atoms with van der Waals surface area (Å²) in [5.74, 6) is 0.834. The molecule has 3 aliphatic heterocycles. The van der Waals surface area contributed by atoms with Crippen LogP contribution in [-0.4, -0.2) is 66.7 Å². The number of fused-ring (bicyclic) bond motifs is 1. The van der Waals surface area contributed by atoms with Crippen molar-refractivity contribution in [1.29, 1.82) is 0 Å². The lowest BCUT2D eigenvalue weighted by atomic mass is 9.51. The zero-order chi connectivity index (χ0) is 23.0. The number of ether oxygens (including phenoxy) is 1.